The minimum Gasteiger partial charge on any atom is -0.326 e. The molecule has 2 aromatic rings. The Labute approximate surface area is 127 Å². The van der Waals surface area contributed by atoms with E-state index in [-0.39, 0.29) is 12.4 Å². The van der Waals surface area contributed by atoms with Crippen LogP contribution < -0.4 is 5.73 Å². The summed E-state index contributed by atoms with van der Waals surface area (Å²) in [5.41, 5.74) is 10.7. The molecule has 0 aliphatic heterocycles. The van der Waals surface area contributed by atoms with Crippen LogP contribution in [0.25, 0.3) is 11.1 Å². The highest BCUT2D eigenvalue weighted by Gasteiger charge is 2.12. The second-order valence-corrected chi connectivity index (χ2v) is 6.17. The second kappa shape index (κ2) is 6.40. The smallest absolute Gasteiger partial charge is 0.128 e. The summed E-state index contributed by atoms with van der Waals surface area (Å²) in [6.07, 6.45) is 0. The highest BCUT2D eigenvalue weighted by molar-refractivity contribution is 5.69. The third-order valence-corrected chi connectivity index (χ3v) is 3.95. The Balaban J connectivity index is 2.55. The van der Waals surface area contributed by atoms with Gasteiger partial charge >= 0.3 is 0 Å². The van der Waals surface area contributed by atoms with Crippen molar-refractivity contribution in [3.05, 3.63) is 58.9 Å². The van der Waals surface area contributed by atoms with Crippen molar-refractivity contribution in [2.45, 2.75) is 46.1 Å². The maximum Gasteiger partial charge on any atom is 0.128 e. The molecule has 21 heavy (non-hydrogen) atoms. The molecular weight excluding hydrogens is 261 g/mol. The van der Waals surface area contributed by atoms with Crippen molar-refractivity contribution in [1.29, 1.82) is 0 Å². The maximum atomic E-state index is 14.0. The molecule has 0 aliphatic rings. The van der Waals surface area contributed by atoms with E-state index >= 15 is 0 Å². The predicted molar refractivity (Wildman–Crippen MR) is 87.9 cm³/mol. The Morgan fingerprint density at radius 2 is 1.67 bits per heavy atom. The molecule has 0 unspecified atom stereocenters. The molecule has 0 spiro atoms. The Kier molecular flexibility index (Phi) is 4.79. The van der Waals surface area contributed by atoms with Crippen molar-refractivity contribution < 1.29 is 4.39 Å². The molecule has 2 aromatic carbocycles. The van der Waals surface area contributed by atoms with Crippen molar-refractivity contribution in [2.24, 2.45) is 5.73 Å². The molecule has 0 atom stereocenters. The number of nitrogens with two attached hydrogens (primary N) is 1. The molecule has 0 heterocycles. The average molecular weight is 285 g/mol. The molecule has 2 rings (SSSR count). The van der Waals surface area contributed by atoms with Gasteiger partial charge in [0.05, 0.1) is 0 Å². The summed E-state index contributed by atoms with van der Waals surface area (Å²) < 4.78 is 14.0. The number of benzene rings is 2. The van der Waals surface area contributed by atoms with E-state index in [1.165, 1.54) is 11.1 Å². The van der Waals surface area contributed by atoms with Crippen molar-refractivity contribution in [1.82, 2.24) is 0 Å². The Bertz CT molecular complexity index is 629. The second-order valence-electron chi connectivity index (χ2n) is 6.17. The summed E-state index contributed by atoms with van der Waals surface area (Å²) in [6, 6.07) is 11.8. The molecule has 0 saturated carbocycles. The van der Waals surface area contributed by atoms with Crippen LogP contribution in [0.3, 0.4) is 0 Å². The van der Waals surface area contributed by atoms with Crippen LogP contribution in [0.5, 0.6) is 0 Å². The van der Waals surface area contributed by atoms with E-state index in [1.54, 1.807) is 12.1 Å². The van der Waals surface area contributed by atoms with Gasteiger partial charge in [-0.3, -0.25) is 0 Å². The van der Waals surface area contributed by atoms with E-state index in [1.807, 2.05) is 6.07 Å². The van der Waals surface area contributed by atoms with Gasteiger partial charge in [-0.15, -0.1) is 0 Å². The number of hydrogen-bond donors (Lipinski definition) is 1. The first-order valence-corrected chi connectivity index (χ1v) is 7.56. The highest BCUT2D eigenvalue weighted by Crippen LogP contribution is 2.32. The zero-order valence-electron chi connectivity index (χ0n) is 13.3. The monoisotopic (exact) mass is 285 g/mol. The number of rotatable bonds is 4. The topological polar surface area (TPSA) is 26.0 Å². The molecule has 1 nitrogen and oxygen atoms in total. The van der Waals surface area contributed by atoms with Crippen molar-refractivity contribution in [2.75, 3.05) is 0 Å². The molecule has 0 bridgehead atoms. The summed E-state index contributed by atoms with van der Waals surface area (Å²) in [6.45, 7) is 8.96. The Morgan fingerprint density at radius 1 is 0.952 bits per heavy atom. The molecule has 0 radical (unpaired) electrons. The van der Waals surface area contributed by atoms with E-state index in [9.17, 15) is 4.39 Å². The van der Waals surface area contributed by atoms with Gasteiger partial charge in [0.25, 0.3) is 0 Å². The molecule has 0 aromatic heterocycles. The fourth-order valence-electron chi connectivity index (χ4n) is 2.56. The third kappa shape index (κ3) is 3.33. The van der Waals surface area contributed by atoms with Crippen LogP contribution in [0, 0.1) is 5.82 Å². The number of hydrogen-bond acceptors (Lipinski definition) is 1. The minimum absolute atomic E-state index is 0.224. The predicted octanol–water partition coefficient (Wildman–Crippen LogP) is 5.20. The van der Waals surface area contributed by atoms with Gasteiger partial charge in [0.2, 0.25) is 0 Å². The van der Waals surface area contributed by atoms with Crippen molar-refractivity contribution >= 4 is 0 Å². The third-order valence-electron chi connectivity index (χ3n) is 3.95. The lowest BCUT2D eigenvalue weighted by Crippen LogP contribution is -2.01. The van der Waals surface area contributed by atoms with Crippen LogP contribution in [0.4, 0.5) is 4.39 Å². The van der Waals surface area contributed by atoms with E-state index in [2.05, 4.69) is 45.9 Å². The van der Waals surface area contributed by atoms with Crippen LogP contribution in [0.1, 0.15) is 56.2 Å². The van der Waals surface area contributed by atoms with Gasteiger partial charge < -0.3 is 5.73 Å². The van der Waals surface area contributed by atoms with Crippen LogP contribution in [-0.2, 0) is 6.54 Å². The molecule has 2 N–H and O–H groups in total. The summed E-state index contributed by atoms with van der Waals surface area (Å²) in [4.78, 5) is 0. The number of halogens is 1. The Hall–Kier alpha value is -1.67. The molecule has 0 aliphatic carbocycles. The summed E-state index contributed by atoms with van der Waals surface area (Å²) in [7, 11) is 0. The SMILES string of the molecule is CC(C)c1ccc(-c2ccc(CN)c(F)c2)c(C(C)C)c1. The van der Waals surface area contributed by atoms with Crippen molar-refractivity contribution in [3.8, 4) is 11.1 Å². The fourth-order valence-corrected chi connectivity index (χ4v) is 2.56. The molecule has 0 fully saturated rings. The summed E-state index contributed by atoms with van der Waals surface area (Å²) in [5.74, 6) is 0.668. The van der Waals surface area contributed by atoms with Crippen LogP contribution in [-0.4, -0.2) is 0 Å². The lowest BCUT2D eigenvalue weighted by molar-refractivity contribution is 0.611. The van der Waals surface area contributed by atoms with Crippen LogP contribution in [0.2, 0.25) is 0 Å². The van der Waals surface area contributed by atoms with E-state index in [0.29, 0.717) is 17.4 Å². The maximum absolute atomic E-state index is 14.0. The minimum atomic E-state index is -0.224. The van der Waals surface area contributed by atoms with Gasteiger partial charge in [-0.1, -0.05) is 58.0 Å². The average Bonchev–Trinajstić information content (AvgIpc) is 2.46. The standard InChI is InChI=1S/C19H24FN/c1-12(2)14-7-8-17(18(9-14)13(3)4)15-5-6-16(11-21)19(20)10-15/h5-10,12-13H,11,21H2,1-4H3. The largest absolute Gasteiger partial charge is 0.326 e. The highest BCUT2D eigenvalue weighted by atomic mass is 19.1. The zero-order valence-corrected chi connectivity index (χ0v) is 13.3. The normalized spacial score (nSPS) is 11.4. The van der Waals surface area contributed by atoms with Crippen LogP contribution in [0.15, 0.2) is 36.4 Å². The summed E-state index contributed by atoms with van der Waals surface area (Å²) in [5, 5.41) is 0. The van der Waals surface area contributed by atoms with Gasteiger partial charge in [-0.05, 0) is 40.2 Å². The zero-order chi connectivity index (χ0) is 15.6. The first kappa shape index (κ1) is 15.7. The van der Waals surface area contributed by atoms with Crippen LogP contribution >= 0.6 is 0 Å². The summed E-state index contributed by atoms with van der Waals surface area (Å²) >= 11 is 0. The molecular formula is C19H24FN. The van der Waals surface area contributed by atoms with E-state index in [0.717, 1.165) is 11.1 Å². The lowest BCUT2D eigenvalue weighted by atomic mass is 9.88. The fraction of sp³-hybridized carbons (Fsp3) is 0.368. The quantitative estimate of drug-likeness (QED) is 0.821. The lowest BCUT2D eigenvalue weighted by Gasteiger charge is -2.17. The first-order valence-electron chi connectivity index (χ1n) is 7.56. The van der Waals surface area contributed by atoms with E-state index in [4.69, 9.17) is 5.73 Å². The van der Waals surface area contributed by atoms with E-state index < -0.39 is 0 Å². The van der Waals surface area contributed by atoms with Gasteiger partial charge in [0.15, 0.2) is 0 Å². The first-order chi connectivity index (χ1) is 9.93. The van der Waals surface area contributed by atoms with Gasteiger partial charge in [0, 0.05) is 12.1 Å². The molecule has 112 valence electrons. The molecule has 2 heteroatoms. The van der Waals surface area contributed by atoms with Crippen molar-refractivity contribution in [3.63, 3.8) is 0 Å². The molecule has 0 amide bonds. The molecule has 0 saturated heterocycles. The van der Waals surface area contributed by atoms with Gasteiger partial charge in [0.1, 0.15) is 5.82 Å². The van der Waals surface area contributed by atoms with Gasteiger partial charge in [-0.2, -0.15) is 0 Å². The Morgan fingerprint density at radius 3 is 2.19 bits per heavy atom. The van der Waals surface area contributed by atoms with Gasteiger partial charge in [-0.25, -0.2) is 4.39 Å².